The highest BCUT2D eigenvalue weighted by Crippen LogP contribution is 2.46. The highest BCUT2D eigenvalue weighted by atomic mass is 19.3. The molecule has 0 amide bonds. The van der Waals surface area contributed by atoms with Crippen molar-refractivity contribution in [2.45, 2.75) is 58.8 Å². The molecule has 1 heterocycles. The van der Waals surface area contributed by atoms with E-state index in [0.717, 1.165) is 31.6 Å². The number of likely N-dealkylation sites (tertiary alicyclic amines) is 1. The fourth-order valence-electron chi connectivity index (χ4n) is 4.37. The van der Waals surface area contributed by atoms with Crippen molar-refractivity contribution in [3.05, 3.63) is 22.4 Å². The van der Waals surface area contributed by atoms with Gasteiger partial charge in [-0.1, -0.05) is 13.8 Å². The maximum Gasteiger partial charge on any atom is 0.242 e. The summed E-state index contributed by atoms with van der Waals surface area (Å²) in [5, 5.41) is 9.79. The summed E-state index contributed by atoms with van der Waals surface area (Å²) in [6.07, 6.45) is -0.0386. The van der Waals surface area contributed by atoms with Crippen LogP contribution in [-0.4, -0.2) is 36.0 Å². The fourth-order valence-corrected chi connectivity index (χ4v) is 4.37. The molecular weight excluding hydrogens is 338 g/mol. The van der Waals surface area contributed by atoms with Crippen molar-refractivity contribution in [1.29, 1.82) is 5.26 Å². The maximum atomic E-state index is 13.0. The molecule has 26 heavy (non-hydrogen) atoms. The van der Waals surface area contributed by atoms with Gasteiger partial charge in [-0.3, -0.25) is 9.59 Å². The van der Waals surface area contributed by atoms with Gasteiger partial charge in [-0.05, 0) is 36.7 Å². The van der Waals surface area contributed by atoms with Crippen LogP contribution in [-0.2, 0) is 9.59 Å². The summed E-state index contributed by atoms with van der Waals surface area (Å²) in [7, 11) is 0. The predicted molar refractivity (Wildman–Crippen MR) is 92.2 cm³/mol. The number of carbonyl (C=O) groups excluding carboxylic acids is 2. The normalized spacial score (nSPS) is 26.8. The Bertz CT molecular complexity index is 717. The van der Waals surface area contributed by atoms with Gasteiger partial charge >= 0.3 is 0 Å². The van der Waals surface area contributed by atoms with E-state index in [9.17, 15) is 23.6 Å². The van der Waals surface area contributed by atoms with Crippen molar-refractivity contribution in [2.75, 3.05) is 13.1 Å². The molecule has 2 aliphatic carbocycles. The van der Waals surface area contributed by atoms with Crippen LogP contribution in [0.4, 0.5) is 8.78 Å². The lowest BCUT2D eigenvalue weighted by atomic mass is 9.70. The zero-order chi connectivity index (χ0) is 19.1. The summed E-state index contributed by atoms with van der Waals surface area (Å²) in [6.45, 7) is 5.85. The third-order valence-electron chi connectivity index (χ3n) is 5.60. The Morgan fingerprint density at radius 2 is 1.69 bits per heavy atom. The molecule has 2 fully saturated rings. The first-order valence-electron chi connectivity index (χ1n) is 9.20. The van der Waals surface area contributed by atoms with E-state index >= 15 is 0 Å². The van der Waals surface area contributed by atoms with Crippen LogP contribution >= 0.6 is 0 Å². The fraction of sp³-hybridized carbons (Fsp3) is 0.650. The van der Waals surface area contributed by atoms with Crippen molar-refractivity contribution in [1.82, 2.24) is 4.90 Å². The number of allylic oxidation sites excluding steroid dienone is 4. The standard InChI is InChI=1S/C20H24F2N2O2/c1-20(2)9-13(14(11-23)15(10-20)24-5-3-4-6-24)18-16(25)7-12(19(21)22)8-17(18)26/h12,19H,3-10H2,1-2H3. The molecule has 0 bridgehead atoms. The number of rotatable bonds is 2. The summed E-state index contributed by atoms with van der Waals surface area (Å²) >= 11 is 0. The molecule has 0 N–H and O–H groups in total. The Kier molecular flexibility index (Phi) is 5.01. The number of hydrogen-bond donors (Lipinski definition) is 0. The number of halogens is 2. The number of nitriles is 1. The summed E-state index contributed by atoms with van der Waals surface area (Å²) < 4.78 is 26.0. The largest absolute Gasteiger partial charge is 0.374 e. The van der Waals surface area contributed by atoms with Gasteiger partial charge in [0.1, 0.15) is 6.07 Å². The minimum absolute atomic E-state index is 0.00271. The molecule has 0 spiro atoms. The third-order valence-corrected chi connectivity index (χ3v) is 5.60. The molecule has 4 nitrogen and oxygen atoms in total. The van der Waals surface area contributed by atoms with Crippen LogP contribution in [0.15, 0.2) is 22.4 Å². The predicted octanol–water partition coefficient (Wildman–Crippen LogP) is 3.79. The summed E-state index contributed by atoms with van der Waals surface area (Å²) in [5.74, 6) is -2.27. The molecule has 3 aliphatic rings. The second-order valence-corrected chi connectivity index (χ2v) is 8.35. The van der Waals surface area contributed by atoms with E-state index in [2.05, 4.69) is 24.8 Å². The Labute approximate surface area is 152 Å². The van der Waals surface area contributed by atoms with E-state index in [-0.39, 0.29) is 23.8 Å². The molecule has 140 valence electrons. The van der Waals surface area contributed by atoms with Gasteiger partial charge in [0.15, 0.2) is 11.6 Å². The van der Waals surface area contributed by atoms with Crippen molar-refractivity contribution in [2.24, 2.45) is 11.3 Å². The molecule has 0 unspecified atom stereocenters. The second-order valence-electron chi connectivity index (χ2n) is 8.35. The number of Topliss-reactive ketones (excluding diaryl/α,β-unsaturated/α-hetero) is 2. The van der Waals surface area contributed by atoms with E-state index in [1.165, 1.54) is 0 Å². The highest BCUT2D eigenvalue weighted by molar-refractivity contribution is 6.23. The summed E-state index contributed by atoms with van der Waals surface area (Å²) in [5.41, 5.74) is 1.61. The molecule has 1 saturated heterocycles. The molecule has 0 atom stereocenters. The van der Waals surface area contributed by atoms with Gasteiger partial charge in [-0.15, -0.1) is 0 Å². The second kappa shape index (κ2) is 6.94. The molecule has 0 aromatic rings. The van der Waals surface area contributed by atoms with E-state index in [4.69, 9.17) is 0 Å². The molecule has 0 aromatic carbocycles. The lowest BCUT2D eigenvalue weighted by molar-refractivity contribution is -0.128. The lowest BCUT2D eigenvalue weighted by Crippen LogP contribution is -2.34. The third kappa shape index (κ3) is 3.44. The quantitative estimate of drug-likeness (QED) is 0.554. The van der Waals surface area contributed by atoms with Gasteiger partial charge in [0.2, 0.25) is 6.43 Å². The average molecular weight is 362 g/mol. The topological polar surface area (TPSA) is 61.2 Å². The van der Waals surface area contributed by atoms with Crippen LogP contribution in [0.2, 0.25) is 0 Å². The Morgan fingerprint density at radius 3 is 2.19 bits per heavy atom. The minimum atomic E-state index is -2.68. The van der Waals surface area contributed by atoms with Crippen LogP contribution in [0.1, 0.15) is 52.4 Å². The number of alkyl halides is 2. The Morgan fingerprint density at radius 1 is 1.12 bits per heavy atom. The molecule has 1 saturated carbocycles. The van der Waals surface area contributed by atoms with Gasteiger partial charge in [0.05, 0.1) is 11.1 Å². The van der Waals surface area contributed by atoms with Crippen molar-refractivity contribution in [3.63, 3.8) is 0 Å². The molecule has 1 aliphatic heterocycles. The maximum absolute atomic E-state index is 13.0. The van der Waals surface area contributed by atoms with Crippen molar-refractivity contribution >= 4 is 11.6 Å². The molecule has 0 radical (unpaired) electrons. The van der Waals surface area contributed by atoms with Gasteiger partial charge in [-0.25, -0.2) is 8.78 Å². The zero-order valence-corrected chi connectivity index (χ0v) is 15.3. The first-order valence-corrected chi connectivity index (χ1v) is 9.20. The average Bonchev–Trinajstić information content (AvgIpc) is 3.07. The van der Waals surface area contributed by atoms with E-state index in [0.29, 0.717) is 24.0 Å². The van der Waals surface area contributed by atoms with Gasteiger partial charge in [0, 0.05) is 37.5 Å². The summed E-state index contributed by atoms with van der Waals surface area (Å²) in [4.78, 5) is 27.3. The van der Waals surface area contributed by atoms with Crippen molar-refractivity contribution in [3.8, 4) is 6.07 Å². The monoisotopic (exact) mass is 362 g/mol. The Hall–Kier alpha value is -2.03. The first kappa shape index (κ1) is 18.8. The van der Waals surface area contributed by atoms with Crippen LogP contribution in [0.5, 0.6) is 0 Å². The lowest BCUT2D eigenvalue weighted by Gasteiger charge is -2.38. The molecule has 3 rings (SSSR count). The number of hydrogen-bond acceptors (Lipinski definition) is 4. The van der Waals surface area contributed by atoms with Crippen LogP contribution < -0.4 is 0 Å². The number of nitrogens with zero attached hydrogens (tertiary/aromatic N) is 2. The van der Waals surface area contributed by atoms with E-state index in [1.54, 1.807) is 0 Å². The number of ketones is 2. The molecule has 6 heteroatoms. The van der Waals surface area contributed by atoms with E-state index in [1.807, 2.05) is 0 Å². The van der Waals surface area contributed by atoms with Gasteiger partial charge in [-0.2, -0.15) is 5.26 Å². The van der Waals surface area contributed by atoms with Gasteiger partial charge in [0.25, 0.3) is 0 Å². The highest BCUT2D eigenvalue weighted by Gasteiger charge is 2.41. The van der Waals surface area contributed by atoms with Crippen LogP contribution in [0.25, 0.3) is 0 Å². The zero-order valence-electron chi connectivity index (χ0n) is 15.3. The number of carbonyl (C=O) groups is 2. The first-order chi connectivity index (χ1) is 12.2. The van der Waals surface area contributed by atoms with E-state index < -0.39 is 23.9 Å². The SMILES string of the molecule is CC1(C)CC(=C2C(=O)CC(C(F)F)CC2=O)C(C#N)=C(N2CCCC2)C1. The Balaban J connectivity index is 2.10. The molecule has 0 aromatic heterocycles. The van der Waals surface area contributed by atoms with Gasteiger partial charge < -0.3 is 4.90 Å². The van der Waals surface area contributed by atoms with Crippen molar-refractivity contribution < 1.29 is 18.4 Å². The molecular formula is C20H24F2N2O2. The van der Waals surface area contributed by atoms with Crippen LogP contribution in [0, 0.1) is 22.7 Å². The smallest absolute Gasteiger partial charge is 0.242 e. The summed E-state index contributed by atoms with van der Waals surface area (Å²) in [6, 6.07) is 2.22. The van der Waals surface area contributed by atoms with Crippen LogP contribution in [0.3, 0.4) is 0 Å². The minimum Gasteiger partial charge on any atom is -0.374 e.